The number of carbonyl (C=O) groups excluding carboxylic acids is 2. The number of aliphatic carboxylic acids is 1. The monoisotopic (exact) mass is 470 g/mol. The Morgan fingerprint density at radius 2 is 1.59 bits per heavy atom. The number of methoxy groups -OCH3 is 2. The predicted molar refractivity (Wildman–Crippen MR) is 125 cm³/mol. The molecule has 3 rings (SSSR count). The van der Waals surface area contributed by atoms with Crippen LogP contribution in [0.3, 0.4) is 0 Å². The second kappa shape index (κ2) is 10.7. The van der Waals surface area contributed by atoms with E-state index in [2.05, 4.69) is 10.6 Å². The molecule has 0 saturated carbocycles. The molecule has 0 saturated heterocycles. The highest BCUT2D eigenvalue weighted by Gasteiger charge is 2.39. The number of amides is 2. The van der Waals surface area contributed by atoms with Crippen LogP contribution in [0, 0.1) is 0 Å². The van der Waals surface area contributed by atoms with E-state index in [1.807, 2.05) is 48.5 Å². The van der Waals surface area contributed by atoms with Gasteiger partial charge in [0, 0.05) is 20.1 Å². The Kier molecular flexibility index (Phi) is 7.90. The van der Waals surface area contributed by atoms with Gasteiger partial charge in [-0.05, 0) is 36.1 Å². The first-order chi connectivity index (χ1) is 16.2. The van der Waals surface area contributed by atoms with Crippen molar-refractivity contribution in [3.8, 4) is 11.1 Å². The molecule has 0 aromatic heterocycles. The smallest absolute Gasteiger partial charge is 0.407 e. The summed E-state index contributed by atoms with van der Waals surface area (Å²) in [6, 6.07) is 14.7. The number of carboxylic acid groups (broad SMARTS) is 1. The summed E-state index contributed by atoms with van der Waals surface area (Å²) >= 11 is 0. The van der Waals surface area contributed by atoms with Crippen LogP contribution in [0.15, 0.2) is 48.5 Å². The van der Waals surface area contributed by atoms with Crippen molar-refractivity contribution in [3.05, 3.63) is 59.7 Å². The second-order valence-electron chi connectivity index (χ2n) is 8.45. The summed E-state index contributed by atoms with van der Waals surface area (Å²) in [5.41, 5.74) is 2.65. The molecule has 9 nitrogen and oxygen atoms in total. The van der Waals surface area contributed by atoms with Crippen LogP contribution in [0.1, 0.15) is 30.9 Å². The van der Waals surface area contributed by atoms with E-state index in [4.69, 9.17) is 14.2 Å². The van der Waals surface area contributed by atoms with E-state index < -0.39 is 35.7 Å². The number of ether oxygens (including phenoxy) is 3. The summed E-state index contributed by atoms with van der Waals surface area (Å²) in [4.78, 5) is 37.2. The molecule has 0 fully saturated rings. The van der Waals surface area contributed by atoms with E-state index >= 15 is 0 Å². The average Bonchev–Trinajstić information content (AvgIpc) is 3.14. The Hall–Kier alpha value is -3.43. The molecule has 3 unspecified atom stereocenters. The number of hydrogen-bond acceptors (Lipinski definition) is 6. The lowest BCUT2D eigenvalue weighted by Crippen LogP contribution is -2.62. The van der Waals surface area contributed by atoms with Crippen LogP contribution in [0.4, 0.5) is 4.79 Å². The van der Waals surface area contributed by atoms with Crippen molar-refractivity contribution in [2.24, 2.45) is 0 Å². The molecule has 2 amide bonds. The topological polar surface area (TPSA) is 123 Å². The zero-order valence-corrected chi connectivity index (χ0v) is 19.7. The van der Waals surface area contributed by atoms with Crippen molar-refractivity contribution >= 4 is 18.0 Å². The minimum absolute atomic E-state index is 0.0755. The van der Waals surface area contributed by atoms with Crippen LogP contribution in [0.5, 0.6) is 0 Å². The Balaban J connectivity index is 1.70. The van der Waals surface area contributed by atoms with Crippen LogP contribution in [0.25, 0.3) is 11.1 Å². The first kappa shape index (κ1) is 25.2. The lowest BCUT2D eigenvalue weighted by molar-refractivity contribution is -0.150. The van der Waals surface area contributed by atoms with Crippen LogP contribution >= 0.6 is 0 Å². The number of nitrogens with one attached hydrogen (secondary N) is 2. The van der Waals surface area contributed by atoms with Crippen molar-refractivity contribution in [3.63, 3.8) is 0 Å². The first-order valence-electron chi connectivity index (χ1n) is 10.9. The lowest BCUT2D eigenvalue weighted by atomic mass is 9.98. The van der Waals surface area contributed by atoms with Gasteiger partial charge in [-0.3, -0.25) is 4.79 Å². The number of carboxylic acids is 1. The molecule has 2 aromatic carbocycles. The molecule has 34 heavy (non-hydrogen) atoms. The molecule has 2 aromatic rings. The molecule has 0 spiro atoms. The Morgan fingerprint density at radius 1 is 1.03 bits per heavy atom. The standard InChI is InChI=1S/C25H30N2O7/c1-15(33-4)21(22(28)27-25(2,14-32-3)23(29)30)26-24(31)34-13-20-18-11-7-5-9-16(18)17-10-6-8-12-19(17)20/h5-12,15,20-21H,13-14H2,1-4H3,(H,26,31)(H,27,28)(H,29,30). The lowest BCUT2D eigenvalue weighted by Gasteiger charge is -2.30. The van der Waals surface area contributed by atoms with Gasteiger partial charge in [0.05, 0.1) is 12.7 Å². The molecule has 0 heterocycles. The van der Waals surface area contributed by atoms with Gasteiger partial charge in [0.2, 0.25) is 5.91 Å². The van der Waals surface area contributed by atoms with Crippen molar-refractivity contribution in [1.29, 1.82) is 0 Å². The fourth-order valence-electron chi connectivity index (χ4n) is 4.09. The molecule has 0 radical (unpaired) electrons. The summed E-state index contributed by atoms with van der Waals surface area (Å²) < 4.78 is 15.7. The Labute approximate surface area is 198 Å². The van der Waals surface area contributed by atoms with E-state index in [0.717, 1.165) is 22.3 Å². The molecule has 3 atom stereocenters. The van der Waals surface area contributed by atoms with Gasteiger partial charge < -0.3 is 30.0 Å². The number of rotatable bonds is 10. The van der Waals surface area contributed by atoms with Crippen molar-refractivity contribution in [2.75, 3.05) is 27.4 Å². The Morgan fingerprint density at radius 3 is 2.09 bits per heavy atom. The van der Waals surface area contributed by atoms with Gasteiger partial charge in [-0.25, -0.2) is 9.59 Å². The van der Waals surface area contributed by atoms with Crippen LogP contribution < -0.4 is 10.6 Å². The molecule has 182 valence electrons. The minimum atomic E-state index is -1.68. The van der Waals surface area contributed by atoms with E-state index in [0.29, 0.717) is 0 Å². The SMILES string of the molecule is COCC(C)(NC(=O)C(NC(=O)OCC1c2ccccc2-c2ccccc21)C(C)OC)C(=O)O. The number of hydrogen-bond donors (Lipinski definition) is 3. The number of alkyl carbamates (subject to hydrolysis) is 1. The molecular weight excluding hydrogens is 440 g/mol. The van der Waals surface area contributed by atoms with E-state index in [1.54, 1.807) is 6.92 Å². The fourth-order valence-corrected chi connectivity index (χ4v) is 4.09. The third kappa shape index (κ3) is 5.21. The van der Waals surface area contributed by atoms with Crippen molar-refractivity contribution in [1.82, 2.24) is 10.6 Å². The van der Waals surface area contributed by atoms with E-state index in [9.17, 15) is 19.5 Å². The van der Waals surface area contributed by atoms with Crippen LogP contribution in [0.2, 0.25) is 0 Å². The number of benzene rings is 2. The van der Waals surface area contributed by atoms with Crippen molar-refractivity contribution < 1.29 is 33.7 Å². The quantitative estimate of drug-likeness (QED) is 0.488. The van der Waals surface area contributed by atoms with E-state index in [1.165, 1.54) is 21.1 Å². The summed E-state index contributed by atoms with van der Waals surface area (Å²) in [6.07, 6.45) is -1.56. The summed E-state index contributed by atoms with van der Waals surface area (Å²) in [6.45, 7) is 2.72. The number of fused-ring (bicyclic) bond motifs is 3. The Bertz CT molecular complexity index is 1010. The van der Waals surface area contributed by atoms with Crippen LogP contribution in [-0.2, 0) is 23.8 Å². The van der Waals surface area contributed by atoms with Gasteiger partial charge in [-0.2, -0.15) is 0 Å². The third-order valence-corrected chi connectivity index (χ3v) is 6.04. The number of carbonyl (C=O) groups is 3. The highest BCUT2D eigenvalue weighted by Crippen LogP contribution is 2.44. The summed E-state index contributed by atoms with van der Waals surface area (Å²) in [5, 5.41) is 14.4. The third-order valence-electron chi connectivity index (χ3n) is 6.04. The van der Waals surface area contributed by atoms with Gasteiger partial charge in [0.1, 0.15) is 12.6 Å². The normalized spacial score (nSPS) is 15.9. The highest BCUT2D eigenvalue weighted by molar-refractivity contribution is 5.91. The molecule has 0 aliphatic heterocycles. The maximum atomic E-state index is 12.9. The van der Waals surface area contributed by atoms with Gasteiger partial charge in [-0.1, -0.05) is 48.5 Å². The summed E-state index contributed by atoms with van der Waals surface area (Å²) in [7, 11) is 2.72. The molecule has 1 aliphatic carbocycles. The maximum absolute atomic E-state index is 12.9. The van der Waals surface area contributed by atoms with Crippen LogP contribution in [-0.4, -0.2) is 68.2 Å². The van der Waals surface area contributed by atoms with Crippen molar-refractivity contribution in [2.45, 2.75) is 37.5 Å². The minimum Gasteiger partial charge on any atom is -0.479 e. The zero-order chi connectivity index (χ0) is 24.9. The predicted octanol–water partition coefficient (Wildman–Crippen LogP) is 2.53. The second-order valence-corrected chi connectivity index (χ2v) is 8.45. The highest BCUT2D eigenvalue weighted by atomic mass is 16.5. The van der Waals surface area contributed by atoms with Gasteiger partial charge in [0.25, 0.3) is 0 Å². The maximum Gasteiger partial charge on any atom is 0.407 e. The molecule has 3 N–H and O–H groups in total. The van der Waals surface area contributed by atoms with Gasteiger partial charge >= 0.3 is 12.1 Å². The molecule has 0 bridgehead atoms. The van der Waals surface area contributed by atoms with Gasteiger partial charge in [0.15, 0.2) is 5.54 Å². The molecule has 1 aliphatic rings. The average molecular weight is 471 g/mol. The molecule has 9 heteroatoms. The largest absolute Gasteiger partial charge is 0.479 e. The zero-order valence-electron chi connectivity index (χ0n) is 19.7. The van der Waals surface area contributed by atoms with E-state index in [-0.39, 0.29) is 19.1 Å². The first-order valence-corrected chi connectivity index (χ1v) is 10.9. The fraction of sp³-hybridized carbons (Fsp3) is 0.400. The molecular formula is C25H30N2O7. The summed E-state index contributed by atoms with van der Waals surface area (Å²) in [5.74, 6) is -2.14. The van der Waals surface area contributed by atoms with Gasteiger partial charge in [-0.15, -0.1) is 0 Å².